The van der Waals surface area contributed by atoms with E-state index in [4.69, 9.17) is 4.74 Å². The van der Waals surface area contributed by atoms with E-state index in [-0.39, 0.29) is 5.82 Å². The van der Waals surface area contributed by atoms with Gasteiger partial charge in [-0.05, 0) is 91.2 Å². The molecule has 1 nitrogen and oxygen atoms in total. The van der Waals surface area contributed by atoms with Crippen molar-refractivity contribution in [3.8, 4) is 5.75 Å². The fraction of sp³-hybridized carbons (Fsp3) is 0.556. The van der Waals surface area contributed by atoms with E-state index in [1.807, 2.05) is 25.1 Å². The molecule has 0 bridgehead atoms. The van der Waals surface area contributed by atoms with E-state index < -0.39 is 0 Å². The Bertz CT molecular complexity index is 855. The summed E-state index contributed by atoms with van der Waals surface area (Å²) in [5.41, 5.74) is 1.40. The maximum Gasteiger partial charge on any atom is 0.165 e. The van der Waals surface area contributed by atoms with Crippen LogP contribution in [0.2, 0.25) is 0 Å². The standard InChI is InChI=1S/C27H35FO/c1-3-5-13-29-27-18-24-12-11-23(16-25(24)17-26(27)28)22-10-9-20-14-19(6-4-2)7-8-21(20)15-22/h3,5,11-12,16-22H,4,6-10,13-15H2,1-2H3. The molecule has 4 unspecified atom stereocenters. The predicted octanol–water partition coefficient (Wildman–Crippen LogP) is 8.03. The van der Waals surface area contributed by atoms with Crippen molar-refractivity contribution < 1.29 is 9.13 Å². The van der Waals surface area contributed by atoms with Crippen LogP contribution in [0.15, 0.2) is 42.5 Å². The fourth-order valence-electron chi connectivity index (χ4n) is 5.83. The molecule has 2 fully saturated rings. The number of fused-ring (bicyclic) bond motifs is 2. The van der Waals surface area contributed by atoms with Crippen molar-refractivity contribution in [3.05, 3.63) is 53.9 Å². The Morgan fingerprint density at radius 2 is 1.83 bits per heavy atom. The molecular weight excluding hydrogens is 359 g/mol. The summed E-state index contributed by atoms with van der Waals surface area (Å²) >= 11 is 0. The van der Waals surface area contributed by atoms with Crippen molar-refractivity contribution >= 4 is 10.8 Å². The van der Waals surface area contributed by atoms with Crippen molar-refractivity contribution in [1.82, 2.24) is 0 Å². The van der Waals surface area contributed by atoms with E-state index in [0.717, 1.165) is 28.5 Å². The topological polar surface area (TPSA) is 9.23 Å². The van der Waals surface area contributed by atoms with Crippen molar-refractivity contribution in [3.63, 3.8) is 0 Å². The van der Waals surface area contributed by atoms with Crippen LogP contribution in [0.4, 0.5) is 4.39 Å². The molecule has 156 valence electrons. The zero-order chi connectivity index (χ0) is 20.2. The Hall–Kier alpha value is -1.83. The van der Waals surface area contributed by atoms with Gasteiger partial charge in [-0.25, -0.2) is 4.39 Å². The maximum atomic E-state index is 14.5. The van der Waals surface area contributed by atoms with E-state index in [9.17, 15) is 4.39 Å². The summed E-state index contributed by atoms with van der Waals surface area (Å²) in [4.78, 5) is 0. The van der Waals surface area contributed by atoms with Crippen LogP contribution >= 0.6 is 0 Å². The summed E-state index contributed by atoms with van der Waals surface area (Å²) in [6.07, 6.45) is 14.9. The molecule has 0 aliphatic heterocycles. The summed E-state index contributed by atoms with van der Waals surface area (Å²) in [6, 6.07) is 10.1. The molecule has 0 N–H and O–H groups in total. The molecule has 0 saturated heterocycles. The van der Waals surface area contributed by atoms with Gasteiger partial charge in [0, 0.05) is 0 Å². The van der Waals surface area contributed by atoms with Crippen LogP contribution in [-0.4, -0.2) is 6.61 Å². The smallest absolute Gasteiger partial charge is 0.165 e. The monoisotopic (exact) mass is 394 g/mol. The fourth-order valence-corrected chi connectivity index (χ4v) is 5.83. The molecule has 0 spiro atoms. The van der Waals surface area contributed by atoms with Gasteiger partial charge in [-0.3, -0.25) is 0 Å². The van der Waals surface area contributed by atoms with Crippen molar-refractivity contribution in [1.29, 1.82) is 0 Å². The van der Waals surface area contributed by atoms with Gasteiger partial charge in [0.15, 0.2) is 11.6 Å². The normalized spacial score (nSPS) is 27.3. The van der Waals surface area contributed by atoms with Gasteiger partial charge < -0.3 is 4.74 Å². The molecule has 4 atom stereocenters. The average molecular weight is 395 g/mol. The molecule has 2 aromatic carbocycles. The SMILES string of the molecule is CC=CCOc1cc2ccc(C3CCC4CC(CCC)CCC4C3)cc2cc1F. The van der Waals surface area contributed by atoms with E-state index in [2.05, 4.69) is 25.1 Å². The number of halogens is 1. The Morgan fingerprint density at radius 3 is 2.66 bits per heavy atom. The van der Waals surface area contributed by atoms with Crippen molar-refractivity contribution in [2.24, 2.45) is 17.8 Å². The molecular formula is C27H35FO. The molecule has 29 heavy (non-hydrogen) atoms. The number of hydrogen-bond donors (Lipinski definition) is 0. The third-order valence-corrected chi connectivity index (χ3v) is 7.38. The van der Waals surface area contributed by atoms with Crippen LogP contribution in [0.1, 0.15) is 76.7 Å². The third kappa shape index (κ3) is 4.68. The van der Waals surface area contributed by atoms with E-state index in [0.29, 0.717) is 18.3 Å². The number of rotatable bonds is 6. The highest BCUT2D eigenvalue weighted by Crippen LogP contribution is 2.48. The maximum absolute atomic E-state index is 14.5. The van der Waals surface area contributed by atoms with Gasteiger partial charge in [0.05, 0.1) is 0 Å². The van der Waals surface area contributed by atoms with Gasteiger partial charge >= 0.3 is 0 Å². The Labute approximate surface area is 175 Å². The number of ether oxygens (including phenoxy) is 1. The lowest BCUT2D eigenvalue weighted by Gasteiger charge is -2.42. The summed E-state index contributed by atoms with van der Waals surface area (Å²) in [5, 5.41) is 2.05. The lowest BCUT2D eigenvalue weighted by molar-refractivity contribution is 0.114. The van der Waals surface area contributed by atoms with Crippen molar-refractivity contribution in [2.75, 3.05) is 6.61 Å². The zero-order valence-electron chi connectivity index (χ0n) is 18.0. The van der Waals surface area contributed by atoms with Crippen LogP contribution in [0.3, 0.4) is 0 Å². The van der Waals surface area contributed by atoms with Gasteiger partial charge in [0.1, 0.15) is 6.61 Å². The average Bonchev–Trinajstić information content (AvgIpc) is 2.74. The van der Waals surface area contributed by atoms with Crippen LogP contribution in [-0.2, 0) is 0 Å². The van der Waals surface area contributed by atoms with Crippen LogP contribution in [0, 0.1) is 23.6 Å². The van der Waals surface area contributed by atoms with Gasteiger partial charge in [0.25, 0.3) is 0 Å². The molecule has 0 aromatic heterocycles. The first-order valence-corrected chi connectivity index (χ1v) is 11.6. The summed E-state index contributed by atoms with van der Waals surface area (Å²) < 4.78 is 20.0. The molecule has 2 heteroatoms. The number of benzene rings is 2. The summed E-state index contributed by atoms with van der Waals surface area (Å²) in [6.45, 7) is 4.66. The Morgan fingerprint density at radius 1 is 1.00 bits per heavy atom. The quantitative estimate of drug-likeness (QED) is 0.450. The zero-order valence-corrected chi connectivity index (χ0v) is 18.0. The van der Waals surface area contributed by atoms with Gasteiger partial charge in [-0.15, -0.1) is 0 Å². The molecule has 0 amide bonds. The number of hydrogen-bond acceptors (Lipinski definition) is 1. The molecule has 0 heterocycles. The van der Waals surface area contributed by atoms with Gasteiger partial charge in [0.2, 0.25) is 0 Å². The first kappa shape index (κ1) is 20.4. The highest BCUT2D eigenvalue weighted by atomic mass is 19.1. The van der Waals surface area contributed by atoms with Crippen LogP contribution in [0.25, 0.3) is 10.8 Å². The minimum absolute atomic E-state index is 0.267. The highest BCUT2D eigenvalue weighted by Gasteiger charge is 2.35. The minimum Gasteiger partial charge on any atom is -0.486 e. The summed E-state index contributed by atoms with van der Waals surface area (Å²) in [5.74, 6) is 3.54. The van der Waals surface area contributed by atoms with E-state index in [1.54, 1.807) is 6.07 Å². The summed E-state index contributed by atoms with van der Waals surface area (Å²) in [7, 11) is 0. The second kappa shape index (κ2) is 9.32. The van der Waals surface area contributed by atoms with E-state index in [1.165, 1.54) is 56.9 Å². The third-order valence-electron chi connectivity index (χ3n) is 7.38. The first-order chi connectivity index (χ1) is 14.2. The molecule has 4 rings (SSSR count). The lowest BCUT2D eigenvalue weighted by Crippen LogP contribution is -2.30. The molecule has 0 radical (unpaired) electrons. The van der Waals surface area contributed by atoms with E-state index >= 15 is 0 Å². The molecule has 2 aliphatic carbocycles. The lowest BCUT2D eigenvalue weighted by atomic mass is 9.63. The second-order valence-corrected chi connectivity index (χ2v) is 9.27. The molecule has 2 aliphatic rings. The van der Waals surface area contributed by atoms with Crippen molar-refractivity contribution in [2.45, 2.75) is 71.1 Å². The number of allylic oxidation sites excluding steroid dienone is 1. The largest absolute Gasteiger partial charge is 0.486 e. The minimum atomic E-state index is -0.267. The Kier molecular flexibility index (Phi) is 6.57. The second-order valence-electron chi connectivity index (χ2n) is 9.27. The van der Waals surface area contributed by atoms with Crippen LogP contribution in [0.5, 0.6) is 5.75 Å². The van der Waals surface area contributed by atoms with Crippen LogP contribution < -0.4 is 4.74 Å². The highest BCUT2D eigenvalue weighted by molar-refractivity contribution is 5.84. The first-order valence-electron chi connectivity index (χ1n) is 11.6. The molecule has 2 aromatic rings. The predicted molar refractivity (Wildman–Crippen MR) is 120 cm³/mol. The van der Waals surface area contributed by atoms with Gasteiger partial charge in [-0.1, -0.05) is 56.5 Å². The van der Waals surface area contributed by atoms with Gasteiger partial charge in [-0.2, -0.15) is 0 Å². The molecule has 2 saturated carbocycles. The Balaban J connectivity index is 1.46.